The van der Waals surface area contributed by atoms with E-state index in [1.54, 1.807) is 6.92 Å². The third-order valence-electron chi connectivity index (χ3n) is 5.12. The molecule has 0 saturated carbocycles. The van der Waals surface area contributed by atoms with Gasteiger partial charge in [-0.25, -0.2) is 4.79 Å². The molecule has 5 heteroatoms. The van der Waals surface area contributed by atoms with Crippen molar-refractivity contribution in [2.45, 2.75) is 40.0 Å². The summed E-state index contributed by atoms with van der Waals surface area (Å²) in [6.07, 6.45) is 12.4. The first-order valence-corrected chi connectivity index (χ1v) is 9.87. The minimum Gasteiger partial charge on any atom is -0.462 e. The molecule has 0 bridgehead atoms. The van der Waals surface area contributed by atoms with E-state index in [9.17, 15) is 9.59 Å². The van der Waals surface area contributed by atoms with Gasteiger partial charge in [-0.2, -0.15) is 0 Å². The quantitative estimate of drug-likeness (QED) is 0.284. The van der Waals surface area contributed by atoms with Crippen LogP contribution in [0.15, 0.2) is 47.1 Å². The van der Waals surface area contributed by atoms with E-state index in [0.29, 0.717) is 12.2 Å². The Balaban J connectivity index is 1.59. The molecule has 1 heterocycles. The molecule has 1 aliphatic heterocycles. The predicted molar refractivity (Wildman–Crippen MR) is 108 cm³/mol. The van der Waals surface area contributed by atoms with E-state index < -0.39 is 0 Å². The maximum atomic E-state index is 12.4. The molecule has 148 valence electrons. The lowest BCUT2D eigenvalue weighted by Crippen LogP contribution is -2.49. The van der Waals surface area contributed by atoms with Crippen molar-refractivity contribution in [3.63, 3.8) is 0 Å². The number of hydrogen-bond donors (Lipinski definition) is 0. The summed E-state index contributed by atoms with van der Waals surface area (Å²) in [5.41, 5.74) is 2.51. The van der Waals surface area contributed by atoms with E-state index >= 15 is 0 Å². The van der Waals surface area contributed by atoms with Crippen LogP contribution in [0.2, 0.25) is 0 Å². The van der Waals surface area contributed by atoms with E-state index in [1.165, 1.54) is 0 Å². The van der Waals surface area contributed by atoms with Crippen LogP contribution in [-0.2, 0) is 14.3 Å². The SMILES string of the molecule is C/C=C\C(C)=C(/C)C(=O)OCCCCN1CCN(C(=O)C2=CC=CC2)CC1. The van der Waals surface area contributed by atoms with Gasteiger partial charge in [-0.15, -0.1) is 0 Å². The summed E-state index contributed by atoms with van der Waals surface area (Å²) < 4.78 is 5.35. The number of nitrogens with zero attached hydrogens (tertiary/aromatic N) is 2. The third kappa shape index (κ3) is 6.51. The van der Waals surface area contributed by atoms with Crippen LogP contribution in [0.4, 0.5) is 0 Å². The Morgan fingerprint density at radius 1 is 1.15 bits per heavy atom. The molecule has 0 N–H and O–H groups in total. The van der Waals surface area contributed by atoms with E-state index in [-0.39, 0.29) is 11.9 Å². The lowest BCUT2D eigenvalue weighted by Gasteiger charge is -2.35. The monoisotopic (exact) mass is 372 g/mol. The number of carbonyl (C=O) groups excluding carboxylic acids is 2. The van der Waals surface area contributed by atoms with Crippen molar-refractivity contribution >= 4 is 11.9 Å². The van der Waals surface area contributed by atoms with E-state index in [2.05, 4.69) is 4.90 Å². The van der Waals surface area contributed by atoms with Gasteiger partial charge in [0.05, 0.1) is 6.61 Å². The molecular weight excluding hydrogens is 340 g/mol. The number of piperazine rings is 1. The lowest BCUT2D eigenvalue weighted by molar-refractivity contribution is -0.139. The number of rotatable bonds is 8. The zero-order valence-electron chi connectivity index (χ0n) is 16.9. The summed E-state index contributed by atoms with van der Waals surface area (Å²) in [6, 6.07) is 0. The van der Waals surface area contributed by atoms with Crippen LogP contribution < -0.4 is 0 Å². The maximum absolute atomic E-state index is 12.4. The fraction of sp³-hybridized carbons (Fsp3) is 0.545. The van der Waals surface area contributed by atoms with Gasteiger partial charge in [0, 0.05) is 37.3 Å². The maximum Gasteiger partial charge on any atom is 0.333 e. The van der Waals surface area contributed by atoms with Crippen molar-refractivity contribution in [1.82, 2.24) is 9.80 Å². The number of carbonyl (C=O) groups is 2. The first-order chi connectivity index (χ1) is 13.0. The molecule has 2 rings (SSSR count). The summed E-state index contributed by atoms with van der Waals surface area (Å²) >= 11 is 0. The molecule has 2 aliphatic rings. The van der Waals surface area contributed by atoms with E-state index in [4.69, 9.17) is 4.74 Å². The van der Waals surface area contributed by atoms with Gasteiger partial charge in [0.2, 0.25) is 5.91 Å². The van der Waals surface area contributed by atoms with Gasteiger partial charge >= 0.3 is 5.97 Å². The Labute approximate surface area is 163 Å². The minimum absolute atomic E-state index is 0.184. The summed E-state index contributed by atoms with van der Waals surface area (Å²) in [7, 11) is 0. The molecule has 0 aromatic heterocycles. The van der Waals surface area contributed by atoms with Crippen LogP contribution in [0.3, 0.4) is 0 Å². The molecule has 0 aromatic rings. The number of esters is 1. The van der Waals surface area contributed by atoms with Gasteiger partial charge in [-0.05, 0) is 52.2 Å². The first kappa shape index (κ1) is 21.2. The fourth-order valence-corrected chi connectivity index (χ4v) is 3.23. The average molecular weight is 373 g/mol. The van der Waals surface area contributed by atoms with Crippen molar-refractivity contribution < 1.29 is 14.3 Å². The van der Waals surface area contributed by atoms with Gasteiger partial charge < -0.3 is 9.64 Å². The van der Waals surface area contributed by atoms with Crippen molar-refractivity contribution in [3.05, 3.63) is 47.1 Å². The number of allylic oxidation sites excluding steroid dienone is 6. The molecule has 0 spiro atoms. The molecular formula is C22H32N2O3. The molecule has 5 nitrogen and oxygen atoms in total. The topological polar surface area (TPSA) is 49.9 Å². The highest BCUT2D eigenvalue weighted by molar-refractivity contribution is 5.94. The predicted octanol–water partition coefficient (Wildman–Crippen LogP) is 3.25. The molecule has 1 saturated heterocycles. The van der Waals surface area contributed by atoms with Gasteiger partial charge in [0.25, 0.3) is 0 Å². The van der Waals surface area contributed by atoms with Gasteiger partial charge in [0.1, 0.15) is 0 Å². The number of unbranched alkanes of at least 4 members (excludes halogenated alkanes) is 1. The normalized spacial score (nSPS) is 18.6. The van der Waals surface area contributed by atoms with Crippen molar-refractivity contribution in [1.29, 1.82) is 0 Å². The number of ether oxygens (including phenoxy) is 1. The second-order valence-corrected chi connectivity index (χ2v) is 7.11. The van der Waals surface area contributed by atoms with Gasteiger partial charge in [-0.1, -0.05) is 30.4 Å². The fourth-order valence-electron chi connectivity index (χ4n) is 3.23. The van der Waals surface area contributed by atoms with Gasteiger partial charge in [-0.3, -0.25) is 9.69 Å². The van der Waals surface area contributed by atoms with Gasteiger partial charge in [0.15, 0.2) is 0 Å². The molecule has 0 aromatic carbocycles. The summed E-state index contributed by atoms with van der Waals surface area (Å²) in [6.45, 7) is 10.5. The standard InChI is InChI=1S/C22H32N2O3/c1-4-9-18(2)19(3)22(26)27-17-8-7-12-23-13-15-24(16-14-23)21(25)20-10-5-6-11-20/h4-6,9-10H,7-8,11-17H2,1-3H3/b9-4-,19-18+. The van der Waals surface area contributed by atoms with Crippen LogP contribution in [0, 0.1) is 0 Å². The molecule has 0 atom stereocenters. The highest BCUT2D eigenvalue weighted by Gasteiger charge is 2.23. The highest BCUT2D eigenvalue weighted by atomic mass is 16.5. The van der Waals surface area contributed by atoms with Crippen molar-refractivity contribution in [3.8, 4) is 0 Å². The zero-order chi connectivity index (χ0) is 19.6. The van der Waals surface area contributed by atoms with Crippen LogP contribution in [0.5, 0.6) is 0 Å². The van der Waals surface area contributed by atoms with Crippen molar-refractivity contribution in [2.75, 3.05) is 39.3 Å². The Morgan fingerprint density at radius 3 is 2.52 bits per heavy atom. The largest absolute Gasteiger partial charge is 0.462 e. The van der Waals surface area contributed by atoms with Crippen LogP contribution in [0.1, 0.15) is 40.0 Å². The number of amides is 1. The van der Waals surface area contributed by atoms with Crippen LogP contribution in [0.25, 0.3) is 0 Å². The highest BCUT2D eigenvalue weighted by Crippen LogP contribution is 2.15. The molecule has 0 radical (unpaired) electrons. The Hall–Kier alpha value is -2.14. The lowest BCUT2D eigenvalue weighted by atomic mass is 10.1. The van der Waals surface area contributed by atoms with Crippen LogP contribution in [-0.4, -0.2) is 61.0 Å². The second-order valence-electron chi connectivity index (χ2n) is 7.11. The Bertz CT molecular complexity index is 650. The summed E-state index contributed by atoms with van der Waals surface area (Å²) in [4.78, 5) is 28.7. The van der Waals surface area contributed by atoms with Crippen LogP contribution >= 0.6 is 0 Å². The minimum atomic E-state index is -0.228. The van der Waals surface area contributed by atoms with E-state index in [0.717, 1.165) is 63.1 Å². The zero-order valence-corrected chi connectivity index (χ0v) is 16.9. The molecule has 0 unspecified atom stereocenters. The molecule has 27 heavy (non-hydrogen) atoms. The molecule has 1 fully saturated rings. The smallest absolute Gasteiger partial charge is 0.333 e. The first-order valence-electron chi connectivity index (χ1n) is 9.87. The number of hydrogen-bond acceptors (Lipinski definition) is 4. The average Bonchev–Trinajstić information content (AvgIpc) is 3.22. The summed E-state index contributed by atoms with van der Waals surface area (Å²) in [5, 5.41) is 0. The third-order valence-corrected chi connectivity index (χ3v) is 5.12. The Morgan fingerprint density at radius 2 is 1.89 bits per heavy atom. The summed E-state index contributed by atoms with van der Waals surface area (Å²) in [5.74, 6) is -0.0448. The molecule has 1 amide bonds. The Kier molecular flexibility index (Phi) is 8.52. The van der Waals surface area contributed by atoms with E-state index in [1.807, 2.05) is 49.1 Å². The molecule has 1 aliphatic carbocycles. The van der Waals surface area contributed by atoms with Crippen molar-refractivity contribution in [2.24, 2.45) is 0 Å². The second kappa shape index (κ2) is 10.9.